The van der Waals surface area contributed by atoms with Gasteiger partial charge in [-0.15, -0.1) is 11.3 Å². The Bertz CT molecular complexity index is 600. The van der Waals surface area contributed by atoms with Gasteiger partial charge in [-0.1, -0.05) is 26.8 Å². The van der Waals surface area contributed by atoms with Gasteiger partial charge >= 0.3 is 0 Å². The highest BCUT2D eigenvalue weighted by molar-refractivity contribution is 7.12. The molecule has 0 bridgehead atoms. The Morgan fingerprint density at radius 3 is 2.86 bits per heavy atom. The number of piperazine rings is 1. The minimum atomic E-state index is 0.245. The molecule has 3 nitrogen and oxygen atoms in total. The largest absolute Gasteiger partial charge is 0.314 e. The molecule has 2 aromatic heterocycles. The first kappa shape index (κ1) is 15.7. The summed E-state index contributed by atoms with van der Waals surface area (Å²) < 4.78 is 0. The number of rotatable bonds is 3. The van der Waals surface area contributed by atoms with Gasteiger partial charge in [-0.05, 0) is 29.2 Å². The van der Waals surface area contributed by atoms with Crippen molar-refractivity contribution in [3.8, 4) is 0 Å². The maximum atomic E-state index is 4.29. The topological polar surface area (TPSA) is 28.2 Å². The molecule has 0 amide bonds. The van der Waals surface area contributed by atoms with E-state index in [0.29, 0.717) is 6.04 Å². The highest BCUT2D eigenvalue weighted by Crippen LogP contribution is 2.31. The molecule has 0 spiro atoms. The van der Waals surface area contributed by atoms with Crippen molar-refractivity contribution in [2.24, 2.45) is 0 Å². The molecule has 1 unspecified atom stereocenters. The number of aromatic nitrogens is 1. The van der Waals surface area contributed by atoms with Crippen LogP contribution in [0.25, 0.3) is 0 Å². The van der Waals surface area contributed by atoms with E-state index >= 15 is 0 Å². The summed E-state index contributed by atoms with van der Waals surface area (Å²) in [4.78, 5) is 9.79. The van der Waals surface area contributed by atoms with E-state index in [-0.39, 0.29) is 5.41 Å². The summed E-state index contributed by atoms with van der Waals surface area (Å²) >= 11 is 1.95. The number of nitrogens with zero attached hydrogens (tertiary/aromatic N) is 2. The van der Waals surface area contributed by atoms with Crippen LogP contribution in [0.5, 0.6) is 0 Å². The summed E-state index contributed by atoms with van der Waals surface area (Å²) in [5.74, 6) is 0. The normalized spacial score (nSPS) is 20.2. The molecule has 0 radical (unpaired) electrons. The maximum absolute atomic E-state index is 4.29. The zero-order valence-electron chi connectivity index (χ0n) is 13.7. The van der Waals surface area contributed by atoms with Gasteiger partial charge in [0, 0.05) is 54.4 Å². The summed E-state index contributed by atoms with van der Waals surface area (Å²) in [7, 11) is 0. The molecule has 2 aromatic rings. The van der Waals surface area contributed by atoms with Gasteiger partial charge in [-0.3, -0.25) is 9.88 Å². The van der Waals surface area contributed by atoms with Crippen molar-refractivity contribution >= 4 is 11.3 Å². The average molecular weight is 315 g/mol. The third kappa shape index (κ3) is 3.57. The van der Waals surface area contributed by atoms with Crippen molar-refractivity contribution in [3.63, 3.8) is 0 Å². The Morgan fingerprint density at radius 1 is 1.32 bits per heavy atom. The lowest BCUT2D eigenvalue weighted by Crippen LogP contribution is -2.45. The standard InChI is InChI=1S/C18H25N3S/c1-18(2,3)17-7-6-15(22-17)13-21-10-9-20-12-16(21)14-5-4-8-19-11-14/h4-8,11,16,20H,9-10,12-13H2,1-3H3. The fourth-order valence-electron chi connectivity index (χ4n) is 2.90. The number of thiophene rings is 1. The fourth-order valence-corrected chi connectivity index (χ4v) is 3.99. The molecule has 0 saturated carbocycles. The Kier molecular flexibility index (Phi) is 4.62. The molecule has 118 valence electrons. The molecule has 22 heavy (non-hydrogen) atoms. The van der Waals surface area contributed by atoms with E-state index in [4.69, 9.17) is 0 Å². The summed E-state index contributed by atoms with van der Waals surface area (Å²) in [5, 5.41) is 3.51. The smallest absolute Gasteiger partial charge is 0.0492 e. The van der Waals surface area contributed by atoms with Gasteiger partial charge in [0.15, 0.2) is 0 Å². The van der Waals surface area contributed by atoms with Crippen molar-refractivity contribution in [1.29, 1.82) is 0 Å². The van der Waals surface area contributed by atoms with E-state index in [1.807, 2.05) is 29.8 Å². The molecule has 1 aliphatic rings. The van der Waals surface area contributed by atoms with Gasteiger partial charge in [-0.25, -0.2) is 0 Å². The van der Waals surface area contributed by atoms with Crippen molar-refractivity contribution in [2.45, 2.75) is 38.8 Å². The molecule has 0 aromatic carbocycles. The van der Waals surface area contributed by atoms with E-state index in [0.717, 1.165) is 26.2 Å². The van der Waals surface area contributed by atoms with Gasteiger partial charge < -0.3 is 5.32 Å². The van der Waals surface area contributed by atoms with Crippen LogP contribution >= 0.6 is 11.3 Å². The fraction of sp³-hybridized carbons (Fsp3) is 0.500. The summed E-state index contributed by atoms with van der Waals surface area (Å²) in [6.45, 7) is 11.0. The lowest BCUT2D eigenvalue weighted by atomic mass is 9.95. The lowest BCUT2D eigenvalue weighted by molar-refractivity contribution is 0.155. The first-order valence-corrected chi connectivity index (χ1v) is 8.79. The number of hydrogen-bond donors (Lipinski definition) is 1. The van der Waals surface area contributed by atoms with Crippen molar-refractivity contribution < 1.29 is 0 Å². The molecule has 1 aliphatic heterocycles. The predicted octanol–water partition coefficient (Wildman–Crippen LogP) is 3.59. The van der Waals surface area contributed by atoms with Crippen LogP contribution in [-0.2, 0) is 12.0 Å². The molecular formula is C18H25N3S. The van der Waals surface area contributed by atoms with Crippen LogP contribution in [0.3, 0.4) is 0 Å². The average Bonchev–Trinajstić information content (AvgIpc) is 2.97. The molecule has 3 rings (SSSR count). The molecule has 1 saturated heterocycles. The van der Waals surface area contributed by atoms with Crippen LogP contribution in [0.2, 0.25) is 0 Å². The third-order valence-electron chi connectivity index (χ3n) is 4.18. The Balaban J connectivity index is 1.76. The maximum Gasteiger partial charge on any atom is 0.0492 e. The van der Waals surface area contributed by atoms with Crippen LogP contribution in [0, 0.1) is 0 Å². The molecule has 1 N–H and O–H groups in total. The first-order chi connectivity index (χ1) is 10.5. The van der Waals surface area contributed by atoms with Crippen LogP contribution in [-0.4, -0.2) is 29.5 Å². The van der Waals surface area contributed by atoms with E-state index in [1.165, 1.54) is 15.3 Å². The van der Waals surface area contributed by atoms with Gasteiger partial charge in [0.25, 0.3) is 0 Å². The Hall–Kier alpha value is -1.23. The van der Waals surface area contributed by atoms with Crippen LogP contribution < -0.4 is 5.32 Å². The van der Waals surface area contributed by atoms with Gasteiger partial charge in [0.2, 0.25) is 0 Å². The van der Waals surface area contributed by atoms with Gasteiger partial charge in [-0.2, -0.15) is 0 Å². The minimum absolute atomic E-state index is 0.245. The molecule has 0 aliphatic carbocycles. The molecule has 4 heteroatoms. The van der Waals surface area contributed by atoms with Crippen LogP contribution in [0.4, 0.5) is 0 Å². The van der Waals surface area contributed by atoms with Gasteiger partial charge in [0.05, 0.1) is 0 Å². The summed E-state index contributed by atoms with van der Waals surface area (Å²) in [6, 6.07) is 9.23. The zero-order chi connectivity index (χ0) is 15.6. The molecule has 3 heterocycles. The van der Waals surface area contributed by atoms with Crippen LogP contribution in [0.15, 0.2) is 36.7 Å². The van der Waals surface area contributed by atoms with E-state index in [1.54, 1.807) is 0 Å². The number of hydrogen-bond acceptors (Lipinski definition) is 4. The van der Waals surface area contributed by atoms with Crippen molar-refractivity contribution in [1.82, 2.24) is 15.2 Å². The summed E-state index contributed by atoms with van der Waals surface area (Å²) in [5.41, 5.74) is 1.55. The minimum Gasteiger partial charge on any atom is -0.314 e. The number of nitrogens with one attached hydrogen (secondary N) is 1. The highest BCUT2D eigenvalue weighted by atomic mass is 32.1. The van der Waals surface area contributed by atoms with Gasteiger partial charge in [0.1, 0.15) is 0 Å². The highest BCUT2D eigenvalue weighted by Gasteiger charge is 2.25. The Morgan fingerprint density at radius 2 is 2.18 bits per heavy atom. The Labute approximate surface area is 137 Å². The SMILES string of the molecule is CC(C)(C)c1ccc(CN2CCNCC2c2cccnc2)s1. The zero-order valence-corrected chi connectivity index (χ0v) is 14.5. The monoisotopic (exact) mass is 315 g/mol. The second-order valence-electron chi connectivity index (χ2n) is 6.99. The first-order valence-electron chi connectivity index (χ1n) is 7.98. The van der Waals surface area contributed by atoms with E-state index in [2.05, 4.69) is 54.2 Å². The number of pyridine rings is 1. The third-order valence-corrected chi connectivity index (χ3v) is 5.68. The predicted molar refractivity (Wildman–Crippen MR) is 93.3 cm³/mol. The lowest BCUT2D eigenvalue weighted by Gasteiger charge is -2.36. The second kappa shape index (κ2) is 6.49. The molecule has 1 atom stereocenters. The van der Waals surface area contributed by atoms with Crippen molar-refractivity contribution in [2.75, 3.05) is 19.6 Å². The summed E-state index contributed by atoms with van der Waals surface area (Å²) in [6.07, 6.45) is 3.85. The van der Waals surface area contributed by atoms with E-state index in [9.17, 15) is 0 Å². The molecular weight excluding hydrogens is 290 g/mol. The van der Waals surface area contributed by atoms with Crippen LogP contribution in [0.1, 0.15) is 42.1 Å². The molecule has 1 fully saturated rings. The van der Waals surface area contributed by atoms with E-state index < -0.39 is 0 Å². The second-order valence-corrected chi connectivity index (χ2v) is 8.16. The quantitative estimate of drug-likeness (QED) is 0.938. The van der Waals surface area contributed by atoms with Crippen molar-refractivity contribution in [3.05, 3.63) is 52.0 Å².